The van der Waals surface area contributed by atoms with Gasteiger partial charge in [-0.15, -0.1) is 0 Å². The van der Waals surface area contributed by atoms with Gasteiger partial charge >= 0.3 is 0 Å². The standard InChI is InChI=1S/C12H22N4O/c1-4-5-11(7-13)14-12(17)8-16-10(3)6-9(2)15-16/h6,11H,4-5,7-8,13H2,1-3H3,(H,14,17). The maximum Gasteiger partial charge on any atom is 0.242 e. The third kappa shape index (κ3) is 4.19. The molecule has 17 heavy (non-hydrogen) atoms. The number of amides is 1. The predicted molar refractivity (Wildman–Crippen MR) is 67.6 cm³/mol. The van der Waals surface area contributed by atoms with Gasteiger partial charge in [-0.05, 0) is 26.3 Å². The van der Waals surface area contributed by atoms with Gasteiger partial charge in [0, 0.05) is 18.3 Å². The van der Waals surface area contributed by atoms with Crippen molar-refractivity contribution in [3.8, 4) is 0 Å². The minimum atomic E-state index is -0.0277. The van der Waals surface area contributed by atoms with E-state index in [4.69, 9.17) is 5.73 Å². The van der Waals surface area contributed by atoms with Crippen molar-refractivity contribution in [2.75, 3.05) is 6.54 Å². The molecule has 5 nitrogen and oxygen atoms in total. The van der Waals surface area contributed by atoms with E-state index in [0.29, 0.717) is 6.54 Å². The summed E-state index contributed by atoms with van der Waals surface area (Å²) in [6.07, 6.45) is 1.93. The first kappa shape index (κ1) is 13.7. The van der Waals surface area contributed by atoms with Crippen LogP contribution in [0.4, 0.5) is 0 Å². The number of rotatable bonds is 6. The largest absolute Gasteiger partial charge is 0.350 e. The molecule has 1 amide bonds. The maximum absolute atomic E-state index is 11.8. The lowest BCUT2D eigenvalue weighted by atomic mass is 10.1. The Balaban J connectivity index is 2.51. The quantitative estimate of drug-likeness (QED) is 0.768. The van der Waals surface area contributed by atoms with Crippen molar-refractivity contribution in [1.29, 1.82) is 0 Å². The van der Waals surface area contributed by atoms with E-state index < -0.39 is 0 Å². The van der Waals surface area contributed by atoms with Crippen LogP contribution in [0.15, 0.2) is 6.07 Å². The first-order chi connectivity index (χ1) is 8.06. The van der Waals surface area contributed by atoms with Gasteiger partial charge in [0.1, 0.15) is 6.54 Å². The van der Waals surface area contributed by atoms with Crippen LogP contribution in [0.5, 0.6) is 0 Å². The summed E-state index contributed by atoms with van der Waals surface area (Å²) < 4.78 is 1.71. The van der Waals surface area contributed by atoms with Gasteiger partial charge in [-0.3, -0.25) is 9.48 Å². The summed E-state index contributed by atoms with van der Waals surface area (Å²) in [5, 5.41) is 7.18. The number of nitrogens with zero attached hydrogens (tertiary/aromatic N) is 2. The van der Waals surface area contributed by atoms with Crippen LogP contribution in [0, 0.1) is 13.8 Å². The summed E-state index contributed by atoms with van der Waals surface area (Å²) in [6, 6.07) is 2.03. The first-order valence-electron chi connectivity index (χ1n) is 6.07. The summed E-state index contributed by atoms with van der Waals surface area (Å²) >= 11 is 0. The molecule has 0 aliphatic rings. The number of aromatic nitrogens is 2. The lowest BCUT2D eigenvalue weighted by molar-refractivity contribution is -0.122. The topological polar surface area (TPSA) is 72.9 Å². The van der Waals surface area contributed by atoms with Crippen LogP contribution in [-0.4, -0.2) is 28.3 Å². The van der Waals surface area contributed by atoms with Crippen LogP contribution in [-0.2, 0) is 11.3 Å². The molecule has 1 unspecified atom stereocenters. The number of nitrogens with one attached hydrogen (secondary N) is 1. The molecule has 1 aromatic heterocycles. The average molecular weight is 238 g/mol. The summed E-state index contributed by atoms with van der Waals surface area (Å²) in [7, 11) is 0. The zero-order valence-corrected chi connectivity index (χ0v) is 10.9. The summed E-state index contributed by atoms with van der Waals surface area (Å²) in [6.45, 7) is 6.69. The SMILES string of the molecule is CCCC(CN)NC(=O)Cn1nc(C)cc1C. The Labute approximate surface area is 102 Å². The van der Waals surface area contributed by atoms with Gasteiger partial charge in [-0.2, -0.15) is 5.10 Å². The van der Waals surface area contributed by atoms with Crippen LogP contribution in [0.3, 0.4) is 0 Å². The molecule has 0 radical (unpaired) electrons. The summed E-state index contributed by atoms with van der Waals surface area (Å²) in [5.41, 5.74) is 7.52. The van der Waals surface area contributed by atoms with Crippen molar-refractivity contribution in [1.82, 2.24) is 15.1 Å². The van der Waals surface area contributed by atoms with Crippen LogP contribution in [0.2, 0.25) is 0 Å². The number of carbonyl (C=O) groups is 1. The second-order valence-electron chi connectivity index (χ2n) is 4.37. The molecule has 1 atom stereocenters. The highest BCUT2D eigenvalue weighted by Gasteiger charge is 2.11. The van der Waals surface area contributed by atoms with E-state index in [1.54, 1.807) is 4.68 Å². The van der Waals surface area contributed by atoms with E-state index in [-0.39, 0.29) is 18.5 Å². The molecule has 1 aromatic rings. The highest BCUT2D eigenvalue weighted by Crippen LogP contribution is 2.01. The molecular formula is C12H22N4O. The summed E-state index contributed by atoms with van der Waals surface area (Å²) in [5.74, 6) is -0.0277. The second kappa shape index (κ2) is 6.39. The lowest BCUT2D eigenvalue weighted by Gasteiger charge is -2.16. The third-order valence-corrected chi connectivity index (χ3v) is 2.68. The van der Waals surface area contributed by atoms with Crippen molar-refractivity contribution >= 4 is 5.91 Å². The molecule has 0 spiro atoms. The Hall–Kier alpha value is -1.36. The van der Waals surface area contributed by atoms with Gasteiger partial charge in [0.2, 0.25) is 5.91 Å². The average Bonchev–Trinajstić information content (AvgIpc) is 2.56. The fraction of sp³-hybridized carbons (Fsp3) is 0.667. The highest BCUT2D eigenvalue weighted by molar-refractivity contribution is 5.76. The minimum Gasteiger partial charge on any atom is -0.350 e. The second-order valence-corrected chi connectivity index (χ2v) is 4.37. The molecule has 0 saturated carbocycles. The van der Waals surface area contributed by atoms with E-state index >= 15 is 0 Å². The molecule has 0 fully saturated rings. The van der Waals surface area contributed by atoms with E-state index in [1.807, 2.05) is 19.9 Å². The Morgan fingerprint density at radius 1 is 1.59 bits per heavy atom. The molecule has 0 aromatic carbocycles. The Kier molecular flexibility index (Phi) is 5.15. The fourth-order valence-corrected chi connectivity index (χ4v) is 1.84. The van der Waals surface area contributed by atoms with Gasteiger partial charge in [-0.25, -0.2) is 0 Å². The molecule has 0 bridgehead atoms. The van der Waals surface area contributed by atoms with E-state index in [9.17, 15) is 4.79 Å². The molecule has 0 aliphatic carbocycles. The Morgan fingerprint density at radius 2 is 2.29 bits per heavy atom. The highest BCUT2D eigenvalue weighted by atomic mass is 16.2. The molecular weight excluding hydrogens is 216 g/mol. The lowest BCUT2D eigenvalue weighted by Crippen LogP contribution is -2.41. The molecule has 5 heteroatoms. The smallest absolute Gasteiger partial charge is 0.242 e. The molecule has 1 heterocycles. The third-order valence-electron chi connectivity index (χ3n) is 2.68. The van der Waals surface area contributed by atoms with Gasteiger partial charge in [0.15, 0.2) is 0 Å². The Bertz CT molecular complexity index is 373. The van der Waals surface area contributed by atoms with Crippen LogP contribution >= 0.6 is 0 Å². The van der Waals surface area contributed by atoms with Crippen LogP contribution < -0.4 is 11.1 Å². The molecule has 1 rings (SSSR count). The van der Waals surface area contributed by atoms with E-state index in [1.165, 1.54) is 0 Å². The normalized spacial score (nSPS) is 12.5. The molecule has 0 saturated heterocycles. The first-order valence-corrected chi connectivity index (χ1v) is 6.07. The number of hydrogen-bond acceptors (Lipinski definition) is 3. The van der Waals surface area contributed by atoms with Crippen molar-refractivity contribution in [2.24, 2.45) is 5.73 Å². The van der Waals surface area contributed by atoms with E-state index in [2.05, 4.69) is 17.3 Å². The number of carbonyl (C=O) groups excluding carboxylic acids is 1. The van der Waals surface area contributed by atoms with Crippen molar-refractivity contribution in [3.63, 3.8) is 0 Å². The van der Waals surface area contributed by atoms with Crippen LogP contribution in [0.25, 0.3) is 0 Å². The molecule has 0 aliphatic heterocycles. The zero-order valence-electron chi connectivity index (χ0n) is 10.9. The number of nitrogens with two attached hydrogens (primary N) is 1. The van der Waals surface area contributed by atoms with Crippen molar-refractivity contribution < 1.29 is 4.79 Å². The number of hydrogen-bond donors (Lipinski definition) is 2. The minimum absolute atomic E-state index is 0.0277. The van der Waals surface area contributed by atoms with Gasteiger partial charge in [0.05, 0.1) is 5.69 Å². The monoisotopic (exact) mass is 238 g/mol. The fourth-order valence-electron chi connectivity index (χ4n) is 1.84. The zero-order chi connectivity index (χ0) is 12.8. The maximum atomic E-state index is 11.8. The predicted octanol–water partition coefficient (Wildman–Crippen LogP) is 0.744. The molecule has 96 valence electrons. The summed E-state index contributed by atoms with van der Waals surface area (Å²) in [4.78, 5) is 11.8. The Morgan fingerprint density at radius 3 is 2.76 bits per heavy atom. The van der Waals surface area contributed by atoms with Crippen molar-refractivity contribution in [3.05, 3.63) is 17.5 Å². The number of aryl methyl sites for hydroxylation is 2. The molecule has 3 N–H and O–H groups in total. The van der Waals surface area contributed by atoms with Gasteiger partial charge < -0.3 is 11.1 Å². The van der Waals surface area contributed by atoms with Gasteiger partial charge in [0.25, 0.3) is 0 Å². The van der Waals surface area contributed by atoms with Gasteiger partial charge in [-0.1, -0.05) is 13.3 Å². The van der Waals surface area contributed by atoms with Crippen molar-refractivity contribution in [2.45, 2.75) is 46.2 Å². The van der Waals surface area contributed by atoms with E-state index in [0.717, 1.165) is 24.2 Å². The van der Waals surface area contributed by atoms with Crippen LogP contribution in [0.1, 0.15) is 31.2 Å².